The number of aromatic nitrogens is 5. The Morgan fingerprint density at radius 2 is 1.81 bits per heavy atom. The molecule has 2 amide bonds. The predicted molar refractivity (Wildman–Crippen MR) is 124 cm³/mol. The standard InChI is InChI=1S/C24H22F3N7O2/c1-14-19(15(2)34-23(30-14)32-22(33-34)24(25,26)27)6-7-20(35)29-13-16-4-3-5-18(12-16)31-21(36)17-8-10-28-11-9-17/h3-5,8-12H,6-7,13H2,1-2H3,(H,29,35)(H,31,36). The summed E-state index contributed by atoms with van der Waals surface area (Å²) in [5.41, 5.74) is 3.42. The van der Waals surface area contributed by atoms with Gasteiger partial charge >= 0.3 is 6.18 Å². The van der Waals surface area contributed by atoms with Crippen molar-refractivity contribution in [3.8, 4) is 0 Å². The SMILES string of the molecule is Cc1nc2nc(C(F)(F)F)nn2c(C)c1CCC(=O)NCc1cccc(NC(=O)c2ccncc2)c1. The summed E-state index contributed by atoms with van der Waals surface area (Å²) < 4.78 is 39.9. The van der Waals surface area contributed by atoms with Crippen LogP contribution in [0.25, 0.3) is 5.78 Å². The van der Waals surface area contributed by atoms with Gasteiger partial charge in [0.15, 0.2) is 0 Å². The van der Waals surface area contributed by atoms with Crippen LogP contribution >= 0.6 is 0 Å². The Morgan fingerprint density at radius 3 is 2.53 bits per heavy atom. The van der Waals surface area contributed by atoms with Crippen molar-refractivity contribution >= 4 is 23.3 Å². The van der Waals surface area contributed by atoms with Gasteiger partial charge in [-0.2, -0.15) is 18.2 Å². The summed E-state index contributed by atoms with van der Waals surface area (Å²) in [6.45, 7) is 3.52. The lowest BCUT2D eigenvalue weighted by Crippen LogP contribution is -2.23. The molecule has 9 nitrogen and oxygen atoms in total. The van der Waals surface area contributed by atoms with E-state index in [-0.39, 0.29) is 37.0 Å². The van der Waals surface area contributed by atoms with E-state index in [1.54, 1.807) is 44.2 Å². The van der Waals surface area contributed by atoms with E-state index in [0.29, 0.717) is 28.2 Å². The Balaban J connectivity index is 1.36. The summed E-state index contributed by atoms with van der Waals surface area (Å²) in [5.74, 6) is -1.91. The maximum absolute atomic E-state index is 13.0. The van der Waals surface area contributed by atoms with Crippen LogP contribution in [0.5, 0.6) is 0 Å². The molecule has 3 heterocycles. The summed E-state index contributed by atoms with van der Waals surface area (Å²) in [6.07, 6.45) is -1.23. The summed E-state index contributed by atoms with van der Waals surface area (Å²) in [5, 5.41) is 9.14. The monoisotopic (exact) mass is 497 g/mol. The molecule has 0 fully saturated rings. The number of nitrogens with one attached hydrogen (secondary N) is 2. The zero-order valence-electron chi connectivity index (χ0n) is 19.4. The lowest BCUT2D eigenvalue weighted by Gasteiger charge is -2.11. The molecule has 12 heteroatoms. The quantitative estimate of drug-likeness (QED) is 0.403. The molecule has 0 atom stereocenters. The third-order valence-electron chi connectivity index (χ3n) is 5.52. The first kappa shape index (κ1) is 24.8. The van der Waals surface area contributed by atoms with E-state index >= 15 is 0 Å². The number of anilines is 1. The molecule has 0 bridgehead atoms. The molecule has 0 aliphatic carbocycles. The van der Waals surface area contributed by atoms with Crippen LogP contribution in [-0.4, -0.2) is 36.4 Å². The Morgan fingerprint density at radius 1 is 1.06 bits per heavy atom. The van der Waals surface area contributed by atoms with Crippen molar-refractivity contribution in [2.24, 2.45) is 0 Å². The molecule has 0 saturated heterocycles. The Bertz CT molecular complexity index is 1420. The van der Waals surface area contributed by atoms with E-state index in [1.807, 2.05) is 6.07 Å². The highest BCUT2D eigenvalue weighted by atomic mass is 19.4. The molecule has 0 radical (unpaired) electrons. The minimum absolute atomic E-state index is 0.105. The molecule has 0 aliphatic heterocycles. The molecule has 4 rings (SSSR count). The molecule has 0 aliphatic rings. The number of rotatable bonds is 7. The van der Waals surface area contributed by atoms with Gasteiger partial charge in [-0.1, -0.05) is 12.1 Å². The van der Waals surface area contributed by atoms with Crippen LogP contribution in [0.15, 0.2) is 48.8 Å². The van der Waals surface area contributed by atoms with E-state index in [0.717, 1.165) is 10.1 Å². The average Bonchev–Trinajstić information content (AvgIpc) is 3.28. The van der Waals surface area contributed by atoms with Crippen molar-refractivity contribution in [3.63, 3.8) is 0 Å². The van der Waals surface area contributed by atoms with Crippen molar-refractivity contribution in [2.75, 3.05) is 5.32 Å². The molecule has 2 N–H and O–H groups in total. The first-order valence-corrected chi connectivity index (χ1v) is 11.0. The number of carbonyl (C=O) groups is 2. The number of carbonyl (C=O) groups excluding carboxylic acids is 2. The van der Waals surface area contributed by atoms with Gasteiger partial charge in [-0.25, -0.2) is 9.50 Å². The third-order valence-corrected chi connectivity index (χ3v) is 5.52. The number of hydrogen-bond acceptors (Lipinski definition) is 6. The van der Waals surface area contributed by atoms with Gasteiger partial charge in [0.25, 0.3) is 17.5 Å². The molecule has 1 aromatic carbocycles. The second kappa shape index (κ2) is 10.1. The zero-order valence-corrected chi connectivity index (χ0v) is 19.4. The van der Waals surface area contributed by atoms with E-state index in [1.165, 1.54) is 12.4 Å². The Hall–Kier alpha value is -4.35. The molecule has 36 heavy (non-hydrogen) atoms. The lowest BCUT2D eigenvalue weighted by atomic mass is 10.1. The van der Waals surface area contributed by atoms with Crippen LogP contribution in [0, 0.1) is 13.8 Å². The van der Waals surface area contributed by atoms with Gasteiger partial charge in [-0.05, 0) is 55.7 Å². The highest BCUT2D eigenvalue weighted by Crippen LogP contribution is 2.27. The number of nitrogens with zero attached hydrogens (tertiary/aromatic N) is 5. The minimum atomic E-state index is -4.67. The molecule has 4 aromatic rings. The zero-order chi connectivity index (χ0) is 25.9. The van der Waals surface area contributed by atoms with Gasteiger partial charge in [0.2, 0.25) is 5.91 Å². The minimum Gasteiger partial charge on any atom is -0.352 e. The van der Waals surface area contributed by atoms with Crippen molar-refractivity contribution < 1.29 is 22.8 Å². The molecule has 0 unspecified atom stereocenters. The van der Waals surface area contributed by atoms with E-state index in [9.17, 15) is 22.8 Å². The Labute approximate surface area is 203 Å². The van der Waals surface area contributed by atoms with Gasteiger partial charge in [-0.15, -0.1) is 5.10 Å². The smallest absolute Gasteiger partial charge is 0.352 e. The van der Waals surface area contributed by atoms with E-state index in [2.05, 4.69) is 30.7 Å². The van der Waals surface area contributed by atoms with Crippen LogP contribution in [0.4, 0.5) is 18.9 Å². The molecule has 186 valence electrons. The van der Waals surface area contributed by atoms with Crippen LogP contribution < -0.4 is 10.6 Å². The van der Waals surface area contributed by atoms with Crippen molar-refractivity contribution in [1.82, 2.24) is 29.9 Å². The summed E-state index contributed by atoms with van der Waals surface area (Å²) in [6, 6.07) is 10.3. The number of halogens is 3. The van der Waals surface area contributed by atoms with E-state index in [4.69, 9.17) is 0 Å². The first-order chi connectivity index (χ1) is 17.1. The number of alkyl halides is 3. The second-order valence-electron chi connectivity index (χ2n) is 8.07. The maximum Gasteiger partial charge on any atom is 0.453 e. The number of aryl methyl sites for hydroxylation is 2. The van der Waals surface area contributed by atoms with Crippen LogP contribution in [0.2, 0.25) is 0 Å². The molecule has 3 aromatic heterocycles. The third kappa shape index (κ3) is 5.65. The van der Waals surface area contributed by atoms with Crippen LogP contribution in [-0.2, 0) is 23.9 Å². The number of amides is 2. The maximum atomic E-state index is 13.0. The number of pyridine rings is 1. The average molecular weight is 497 g/mol. The fourth-order valence-corrected chi connectivity index (χ4v) is 3.68. The summed E-state index contributed by atoms with van der Waals surface area (Å²) >= 11 is 0. The van der Waals surface area contributed by atoms with Crippen LogP contribution in [0.1, 0.15) is 45.1 Å². The Kier molecular flexibility index (Phi) is 6.95. The topological polar surface area (TPSA) is 114 Å². The number of hydrogen-bond donors (Lipinski definition) is 2. The summed E-state index contributed by atoms with van der Waals surface area (Å²) in [7, 11) is 0. The fourth-order valence-electron chi connectivity index (χ4n) is 3.68. The molecule has 0 spiro atoms. The fraction of sp³-hybridized carbons (Fsp3) is 0.250. The molecular formula is C24H22F3N7O2. The van der Waals surface area contributed by atoms with Gasteiger partial charge in [0.1, 0.15) is 0 Å². The van der Waals surface area contributed by atoms with Gasteiger partial charge in [0.05, 0.1) is 0 Å². The number of benzene rings is 1. The molecule has 0 saturated carbocycles. The van der Waals surface area contributed by atoms with Crippen molar-refractivity contribution in [2.45, 2.75) is 39.4 Å². The van der Waals surface area contributed by atoms with Crippen molar-refractivity contribution in [3.05, 3.63) is 82.7 Å². The van der Waals surface area contributed by atoms with Crippen LogP contribution in [0.3, 0.4) is 0 Å². The van der Waals surface area contributed by atoms with Crippen molar-refractivity contribution in [1.29, 1.82) is 0 Å². The largest absolute Gasteiger partial charge is 0.453 e. The predicted octanol–water partition coefficient (Wildman–Crippen LogP) is 3.66. The highest BCUT2D eigenvalue weighted by molar-refractivity contribution is 6.04. The number of fused-ring (bicyclic) bond motifs is 1. The normalized spacial score (nSPS) is 11.5. The second-order valence-corrected chi connectivity index (χ2v) is 8.07. The first-order valence-electron chi connectivity index (χ1n) is 11.0. The van der Waals surface area contributed by atoms with Gasteiger partial charge in [0, 0.05) is 48.0 Å². The van der Waals surface area contributed by atoms with Gasteiger partial charge < -0.3 is 10.6 Å². The molecular weight excluding hydrogens is 475 g/mol. The van der Waals surface area contributed by atoms with Gasteiger partial charge in [-0.3, -0.25) is 14.6 Å². The summed E-state index contributed by atoms with van der Waals surface area (Å²) in [4.78, 5) is 36.2. The lowest BCUT2D eigenvalue weighted by molar-refractivity contribution is -0.144. The highest BCUT2D eigenvalue weighted by Gasteiger charge is 2.37. The van der Waals surface area contributed by atoms with E-state index < -0.39 is 12.0 Å².